The van der Waals surface area contributed by atoms with Crippen molar-refractivity contribution in [3.8, 4) is 0 Å². The van der Waals surface area contributed by atoms with Gasteiger partial charge in [-0.25, -0.2) is 13.1 Å². The number of anilines is 1. The zero-order valence-corrected chi connectivity index (χ0v) is 13.8. The second-order valence-corrected chi connectivity index (χ2v) is 7.57. The van der Waals surface area contributed by atoms with Crippen LogP contribution in [0.15, 0.2) is 29.2 Å². The van der Waals surface area contributed by atoms with Gasteiger partial charge in [-0.3, -0.25) is 5.84 Å². The molecule has 5 nitrogen and oxygen atoms in total. The molecule has 0 unspecified atom stereocenters. The first-order valence-corrected chi connectivity index (χ1v) is 9.26. The molecule has 0 spiro atoms. The minimum Gasteiger partial charge on any atom is -0.323 e. The highest BCUT2D eigenvalue weighted by atomic mass is 32.2. The molecule has 0 saturated carbocycles. The van der Waals surface area contributed by atoms with Gasteiger partial charge in [0.2, 0.25) is 10.0 Å². The van der Waals surface area contributed by atoms with Gasteiger partial charge >= 0.3 is 0 Å². The fourth-order valence-corrected chi connectivity index (χ4v) is 4.17. The largest absolute Gasteiger partial charge is 0.323 e. The minimum atomic E-state index is -3.57. The van der Waals surface area contributed by atoms with E-state index in [1.165, 1.54) is 6.07 Å². The van der Waals surface area contributed by atoms with Crippen LogP contribution in [0, 0.1) is 0 Å². The van der Waals surface area contributed by atoms with E-state index in [4.69, 9.17) is 5.84 Å². The topological polar surface area (TPSA) is 84.2 Å². The molecule has 1 aromatic carbocycles. The lowest BCUT2D eigenvalue weighted by Gasteiger charge is -2.29. The first-order valence-electron chi connectivity index (χ1n) is 6.55. The normalized spacial score (nSPS) is 12.4. The number of nitrogen functional groups attached to an aromatic ring is 1. The quantitative estimate of drug-likeness (QED) is 0.505. The van der Waals surface area contributed by atoms with Crippen LogP contribution < -0.4 is 16.0 Å². The molecule has 114 valence electrons. The molecule has 0 saturated heterocycles. The Balaban J connectivity index is 2.96. The van der Waals surface area contributed by atoms with Crippen molar-refractivity contribution in [3.63, 3.8) is 0 Å². The van der Waals surface area contributed by atoms with E-state index in [2.05, 4.69) is 24.0 Å². The van der Waals surface area contributed by atoms with Gasteiger partial charge in [-0.1, -0.05) is 26.0 Å². The van der Waals surface area contributed by atoms with Gasteiger partial charge in [-0.2, -0.15) is 11.8 Å². The van der Waals surface area contributed by atoms with Crippen molar-refractivity contribution in [2.24, 2.45) is 5.84 Å². The predicted molar refractivity (Wildman–Crippen MR) is 86.3 cm³/mol. The van der Waals surface area contributed by atoms with Gasteiger partial charge < -0.3 is 5.43 Å². The van der Waals surface area contributed by atoms with Crippen molar-refractivity contribution in [2.45, 2.75) is 36.3 Å². The number of hydrogen-bond acceptors (Lipinski definition) is 5. The van der Waals surface area contributed by atoms with Crippen molar-refractivity contribution >= 4 is 27.5 Å². The molecule has 1 aromatic rings. The number of benzene rings is 1. The Labute approximate surface area is 125 Å². The molecule has 0 radical (unpaired) electrons. The van der Waals surface area contributed by atoms with E-state index in [-0.39, 0.29) is 9.64 Å². The lowest BCUT2D eigenvalue weighted by molar-refractivity contribution is 0.522. The maximum atomic E-state index is 12.4. The average Bonchev–Trinajstić information content (AvgIpc) is 2.49. The van der Waals surface area contributed by atoms with Crippen LogP contribution in [0.25, 0.3) is 0 Å². The molecular formula is C13H23N3O2S2. The van der Waals surface area contributed by atoms with Gasteiger partial charge in [0.1, 0.15) is 4.90 Å². The highest BCUT2D eigenvalue weighted by Gasteiger charge is 2.28. The Hall–Kier alpha value is -0.760. The Bertz CT molecular complexity index is 520. The van der Waals surface area contributed by atoms with Crippen LogP contribution >= 0.6 is 11.8 Å². The summed E-state index contributed by atoms with van der Waals surface area (Å²) in [7, 11) is -3.57. The molecule has 4 N–H and O–H groups in total. The third-order valence-electron chi connectivity index (χ3n) is 3.64. The maximum absolute atomic E-state index is 12.4. The molecule has 0 fully saturated rings. The fourth-order valence-electron chi connectivity index (χ4n) is 1.99. The smallest absolute Gasteiger partial charge is 0.242 e. The Morgan fingerprint density at radius 2 is 1.85 bits per heavy atom. The van der Waals surface area contributed by atoms with E-state index in [1.807, 2.05) is 6.26 Å². The van der Waals surface area contributed by atoms with Gasteiger partial charge in [-0.15, -0.1) is 0 Å². The number of hydrogen-bond donors (Lipinski definition) is 3. The predicted octanol–water partition coefficient (Wildman–Crippen LogP) is 2.17. The minimum absolute atomic E-state index is 0.0713. The highest BCUT2D eigenvalue weighted by Crippen LogP contribution is 2.30. The zero-order valence-electron chi connectivity index (χ0n) is 12.1. The first kappa shape index (κ1) is 17.3. The summed E-state index contributed by atoms with van der Waals surface area (Å²) in [6.07, 6.45) is 3.82. The van der Waals surface area contributed by atoms with E-state index >= 15 is 0 Å². The third kappa shape index (κ3) is 3.88. The number of thioether (sulfide) groups is 1. The molecule has 0 bridgehead atoms. The number of hydrazine groups is 1. The molecule has 20 heavy (non-hydrogen) atoms. The Morgan fingerprint density at radius 1 is 1.25 bits per heavy atom. The van der Waals surface area contributed by atoms with Crippen LogP contribution in [0.2, 0.25) is 0 Å². The van der Waals surface area contributed by atoms with Crippen LogP contribution in [0.3, 0.4) is 0 Å². The molecule has 0 amide bonds. The summed E-state index contributed by atoms with van der Waals surface area (Å²) < 4.78 is 27.4. The van der Waals surface area contributed by atoms with Gasteiger partial charge in [0, 0.05) is 11.3 Å². The van der Waals surface area contributed by atoms with Crippen molar-refractivity contribution in [2.75, 3.05) is 18.2 Å². The number of nitrogens with two attached hydrogens (primary N) is 1. The summed E-state index contributed by atoms with van der Waals surface area (Å²) in [6, 6.07) is 6.58. The van der Waals surface area contributed by atoms with E-state index in [0.717, 1.165) is 12.8 Å². The van der Waals surface area contributed by atoms with Gasteiger partial charge in [0.05, 0.1) is 5.69 Å². The van der Waals surface area contributed by atoms with Crippen LogP contribution in [0.5, 0.6) is 0 Å². The summed E-state index contributed by atoms with van der Waals surface area (Å²) in [5, 5.41) is 0. The molecule has 7 heteroatoms. The van der Waals surface area contributed by atoms with Crippen molar-refractivity contribution in [3.05, 3.63) is 24.3 Å². The third-order valence-corrected chi connectivity index (χ3v) is 6.69. The second kappa shape index (κ2) is 7.31. The molecule has 0 aliphatic heterocycles. The van der Waals surface area contributed by atoms with Crippen LogP contribution in [-0.4, -0.2) is 26.0 Å². The molecule has 0 aliphatic rings. The SMILES string of the molecule is CCC(CC)(CNS(=O)(=O)c1ccccc1NN)SC. The van der Waals surface area contributed by atoms with E-state index < -0.39 is 10.0 Å². The zero-order chi connectivity index (χ0) is 15.2. The monoisotopic (exact) mass is 317 g/mol. The molecule has 1 rings (SSSR count). The second-order valence-electron chi connectivity index (χ2n) is 4.56. The summed E-state index contributed by atoms with van der Waals surface area (Å²) in [5.41, 5.74) is 2.81. The maximum Gasteiger partial charge on any atom is 0.242 e. The van der Waals surface area contributed by atoms with Gasteiger partial charge in [0.25, 0.3) is 0 Å². The van der Waals surface area contributed by atoms with Crippen molar-refractivity contribution in [1.29, 1.82) is 0 Å². The summed E-state index contributed by atoms with van der Waals surface area (Å²) in [4.78, 5) is 0.171. The number of rotatable bonds is 8. The fraction of sp³-hybridized carbons (Fsp3) is 0.538. The van der Waals surface area contributed by atoms with Crippen LogP contribution in [0.4, 0.5) is 5.69 Å². The molecule has 0 atom stereocenters. The summed E-state index contributed by atoms with van der Waals surface area (Å²) in [5.74, 6) is 5.36. The van der Waals surface area contributed by atoms with Gasteiger partial charge in [0.15, 0.2) is 0 Å². The molecule has 0 heterocycles. The number of nitrogens with one attached hydrogen (secondary N) is 2. The Morgan fingerprint density at radius 3 is 2.35 bits per heavy atom. The van der Waals surface area contributed by atoms with Crippen molar-refractivity contribution < 1.29 is 8.42 Å². The molecule has 0 aliphatic carbocycles. The van der Waals surface area contributed by atoms with Crippen LogP contribution in [0.1, 0.15) is 26.7 Å². The van der Waals surface area contributed by atoms with E-state index in [1.54, 1.807) is 30.0 Å². The number of para-hydroxylation sites is 1. The number of sulfonamides is 1. The summed E-state index contributed by atoms with van der Waals surface area (Å²) in [6.45, 7) is 4.55. The lowest BCUT2D eigenvalue weighted by atomic mass is 10.0. The Kier molecular flexibility index (Phi) is 6.32. The molecule has 0 aromatic heterocycles. The highest BCUT2D eigenvalue weighted by molar-refractivity contribution is 8.00. The van der Waals surface area contributed by atoms with Crippen LogP contribution in [-0.2, 0) is 10.0 Å². The van der Waals surface area contributed by atoms with E-state index in [9.17, 15) is 8.42 Å². The lowest BCUT2D eigenvalue weighted by Crippen LogP contribution is -2.39. The van der Waals surface area contributed by atoms with E-state index in [0.29, 0.717) is 12.2 Å². The molecular weight excluding hydrogens is 294 g/mol. The summed E-state index contributed by atoms with van der Waals surface area (Å²) >= 11 is 1.70. The van der Waals surface area contributed by atoms with Gasteiger partial charge in [-0.05, 0) is 31.2 Å². The average molecular weight is 317 g/mol. The van der Waals surface area contributed by atoms with Crippen molar-refractivity contribution in [1.82, 2.24) is 4.72 Å². The standard InChI is InChI=1S/C13H23N3O2S2/c1-4-13(5-2,19-3)10-15-20(17,18)12-9-7-6-8-11(12)16-14/h6-9,15-16H,4-5,10,14H2,1-3H3. The first-order chi connectivity index (χ1) is 9.44.